The van der Waals surface area contributed by atoms with Crippen molar-refractivity contribution in [2.75, 3.05) is 4.90 Å². The van der Waals surface area contributed by atoms with Crippen LogP contribution in [0, 0.1) is 35.5 Å². The first-order valence-electron chi connectivity index (χ1n) is 8.50. The molecule has 8 unspecified atom stereocenters. The standard InChI is InChI=1S/C18H17NO3/c20-16-8-3-1-2-4-13(8)19-17(21)6-11-9-5-10-12(11)7-18(19,22-16)15(10)14(9)17/h1-4,9-12,14-15,21H,5-7H2. The van der Waals surface area contributed by atoms with Gasteiger partial charge in [-0.3, -0.25) is 0 Å². The maximum atomic E-state index is 12.6. The zero-order valence-electron chi connectivity index (χ0n) is 12.1. The number of ether oxygens (including phenoxy) is 1. The summed E-state index contributed by atoms with van der Waals surface area (Å²) in [6, 6.07) is 7.66. The third kappa shape index (κ3) is 0.788. The van der Waals surface area contributed by atoms with E-state index in [1.54, 1.807) is 0 Å². The van der Waals surface area contributed by atoms with Gasteiger partial charge in [-0.2, -0.15) is 0 Å². The second-order valence-corrected chi connectivity index (χ2v) is 8.32. The fourth-order valence-electron chi connectivity index (χ4n) is 7.90. The molecule has 6 aliphatic rings. The number of fused-ring (bicyclic) bond motifs is 4. The van der Waals surface area contributed by atoms with Gasteiger partial charge in [0.2, 0.25) is 0 Å². The lowest BCUT2D eigenvalue weighted by Gasteiger charge is -2.47. The third-order valence-electron chi connectivity index (χ3n) is 8.02. The average molecular weight is 295 g/mol. The predicted octanol–water partition coefficient (Wildman–Crippen LogP) is 1.98. The lowest BCUT2D eigenvalue weighted by molar-refractivity contribution is -0.0458. The van der Waals surface area contributed by atoms with Crippen molar-refractivity contribution >= 4 is 11.7 Å². The first-order chi connectivity index (χ1) is 10.7. The molecule has 0 aromatic heterocycles. The van der Waals surface area contributed by atoms with Crippen LogP contribution in [0.2, 0.25) is 0 Å². The van der Waals surface area contributed by atoms with Gasteiger partial charge in [0.05, 0.1) is 11.3 Å². The molecule has 0 radical (unpaired) electrons. The second kappa shape index (κ2) is 2.82. The van der Waals surface area contributed by atoms with Gasteiger partial charge in [-0.25, -0.2) is 4.79 Å². The largest absolute Gasteiger partial charge is 0.435 e. The van der Waals surface area contributed by atoms with Crippen LogP contribution in [0.4, 0.5) is 5.69 Å². The van der Waals surface area contributed by atoms with E-state index in [1.807, 2.05) is 24.3 Å². The van der Waals surface area contributed by atoms with Crippen LogP contribution in [0.5, 0.6) is 0 Å². The molecule has 4 nitrogen and oxygen atoms in total. The molecule has 2 bridgehead atoms. The van der Waals surface area contributed by atoms with Crippen molar-refractivity contribution < 1.29 is 14.6 Å². The molecule has 112 valence electrons. The summed E-state index contributed by atoms with van der Waals surface area (Å²) in [7, 11) is 0. The zero-order chi connectivity index (χ0) is 14.4. The molecule has 4 saturated carbocycles. The molecule has 5 fully saturated rings. The fraction of sp³-hybridized carbons (Fsp3) is 0.611. The van der Waals surface area contributed by atoms with Gasteiger partial charge < -0.3 is 14.7 Å². The molecular formula is C18H17NO3. The van der Waals surface area contributed by atoms with E-state index >= 15 is 0 Å². The highest BCUT2D eigenvalue weighted by atomic mass is 16.6. The maximum absolute atomic E-state index is 12.6. The molecule has 1 N–H and O–H groups in total. The lowest BCUT2D eigenvalue weighted by Crippen LogP contribution is -2.59. The van der Waals surface area contributed by atoms with Crippen molar-refractivity contribution in [3.8, 4) is 0 Å². The number of rotatable bonds is 0. The summed E-state index contributed by atoms with van der Waals surface area (Å²) in [4.78, 5) is 14.8. The molecule has 4 aliphatic carbocycles. The Kier molecular flexibility index (Phi) is 1.42. The van der Waals surface area contributed by atoms with Gasteiger partial charge in [0, 0.05) is 18.3 Å². The number of esters is 1. The van der Waals surface area contributed by atoms with E-state index in [-0.39, 0.29) is 5.97 Å². The second-order valence-electron chi connectivity index (χ2n) is 8.32. The number of carbonyl (C=O) groups excluding carboxylic acids is 1. The van der Waals surface area contributed by atoms with Gasteiger partial charge in [-0.15, -0.1) is 0 Å². The Labute approximate surface area is 128 Å². The normalized spacial score (nSPS) is 57.5. The van der Waals surface area contributed by atoms with Crippen molar-refractivity contribution in [3.05, 3.63) is 29.8 Å². The Balaban J connectivity index is 1.59. The first kappa shape index (κ1) is 11.1. The first-order valence-corrected chi connectivity index (χ1v) is 8.50. The van der Waals surface area contributed by atoms with E-state index in [0.717, 1.165) is 18.5 Å². The molecule has 8 atom stereocenters. The molecule has 22 heavy (non-hydrogen) atoms. The topological polar surface area (TPSA) is 49.8 Å². The molecule has 2 heterocycles. The van der Waals surface area contributed by atoms with E-state index < -0.39 is 11.4 Å². The predicted molar refractivity (Wildman–Crippen MR) is 76.8 cm³/mol. The van der Waals surface area contributed by atoms with Crippen LogP contribution in [-0.2, 0) is 4.74 Å². The van der Waals surface area contributed by atoms with Gasteiger partial charge >= 0.3 is 5.97 Å². The van der Waals surface area contributed by atoms with Crippen LogP contribution in [0.3, 0.4) is 0 Å². The minimum Gasteiger partial charge on any atom is -0.435 e. The van der Waals surface area contributed by atoms with Crippen molar-refractivity contribution in [2.45, 2.75) is 30.7 Å². The Morgan fingerprint density at radius 2 is 1.86 bits per heavy atom. The van der Waals surface area contributed by atoms with Crippen LogP contribution < -0.4 is 4.90 Å². The molecule has 0 amide bonds. The van der Waals surface area contributed by atoms with Crippen molar-refractivity contribution in [1.29, 1.82) is 0 Å². The zero-order valence-corrected chi connectivity index (χ0v) is 12.1. The SMILES string of the molecule is O=C1OC23CC4C5CC(O)(C6C5CC4C62)N3c2ccccc21. The highest BCUT2D eigenvalue weighted by Gasteiger charge is 2.86. The molecule has 7 rings (SSSR count). The number of benzene rings is 1. The van der Waals surface area contributed by atoms with Gasteiger partial charge in [0.1, 0.15) is 5.72 Å². The van der Waals surface area contributed by atoms with E-state index in [9.17, 15) is 9.90 Å². The van der Waals surface area contributed by atoms with Crippen molar-refractivity contribution in [2.24, 2.45) is 35.5 Å². The Morgan fingerprint density at radius 3 is 2.77 bits per heavy atom. The van der Waals surface area contributed by atoms with E-state index in [1.165, 1.54) is 6.42 Å². The van der Waals surface area contributed by atoms with Crippen molar-refractivity contribution in [1.82, 2.24) is 0 Å². The summed E-state index contributed by atoms with van der Waals surface area (Å²) >= 11 is 0. The van der Waals surface area contributed by atoms with E-state index in [2.05, 4.69) is 4.90 Å². The summed E-state index contributed by atoms with van der Waals surface area (Å²) in [6.45, 7) is 0. The van der Waals surface area contributed by atoms with Crippen LogP contribution in [-0.4, -0.2) is 22.5 Å². The smallest absolute Gasteiger partial charge is 0.342 e. The molecule has 1 aromatic carbocycles. The highest BCUT2D eigenvalue weighted by molar-refractivity contribution is 5.99. The van der Waals surface area contributed by atoms with Crippen LogP contribution in [0.15, 0.2) is 24.3 Å². The quantitative estimate of drug-likeness (QED) is 0.744. The third-order valence-corrected chi connectivity index (χ3v) is 8.02. The van der Waals surface area contributed by atoms with Crippen molar-refractivity contribution in [3.63, 3.8) is 0 Å². The molecule has 4 heteroatoms. The minimum atomic E-state index is -0.795. The summed E-state index contributed by atoms with van der Waals surface area (Å²) < 4.78 is 6.12. The summed E-state index contributed by atoms with van der Waals surface area (Å²) in [5.41, 5.74) is 0.163. The minimum absolute atomic E-state index is 0.196. The number of carbonyl (C=O) groups is 1. The average Bonchev–Trinajstić information content (AvgIpc) is 3.16. The fourth-order valence-corrected chi connectivity index (χ4v) is 7.90. The molecule has 1 saturated heterocycles. The summed E-state index contributed by atoms with van der Waals surface area (Å²) in [5, 5.41) is 11.7. The van der Waals surface area contributed by atoms with Crippen LogP contribution >= 0.6 is 0 Å². The summed E-state index contributed by atoms with van der Waals surface area (Å²) in [6.07, 6.45) is 3.05. The monoisotopic (exact) mass is 295 g/mol. The molecule has 2 aliphatic heterocycles. The lowest BCUT2D eigenvalue weighted by atomic mass is 9.79. The number of anilines is 1. The van der Waals surface area contributed by atoms with Gasteiger partial charge in [-0.1, -0.05) is 12.1 Å². The summed E-state index contributed by atoms with van der Waals surface area (Å²) in [5.74, 6) is 3.08. The van der Waals surface area contributed by atoms with Gasteiger partial charge in [0.15, 0.2) is 5.72 Å². The number of para-hydroxylation sites is 1. The molecule has 1 spiro atoms. The van der Waals surface area contributed by atoms with E-state index in [4.69, 9.17) is 4.74 Å². The number of hydrogen-bond donors (Lipinski definition) is 1. The van der Waals surface area contributed by atoms with E-state index in [0.29, 0.717) is 41.1 Å². The Bertz CT molecular complexity index is 777. The highest BCUT2D eigenvalue weighted by Crippen LogP contribution is 2.82. The van der Waals surface area contributed by atoms with Gasteiger partial charge in [0.25, 0.3) is 0 Å². The number of hydrogen-bond acceptors (Lipinski definition) is 4. The Hall–Kier alpha value is -1.55. The van der Waals surface area contributed by atoms with Gasteiger partial charge in [-0.05, 0) is 48.6 Å². The molecular weight excluding hydrogens is 278 g/mol. The Morgan fingerprint density at radius 1 is 1.09 bits per heavy atom. The maximum Gasteiger partial charge on any atom is 0.342 e. The van der Waals surface area contributed by atoms with Crippen LogP contribution in [0.1, 0.15) is 29.6 Å². The molecule has 1 aromatic rings. The number of nitrogens with zero attached hydrogens (tertiary/aromatic N) is 1. The van der Waals surface area contributed by atoms with Crippen LogP contribution in [0.25, 0.3) is 0 Å². The number of aliphatic hydroxyl groups is 1.